The highest BCUT2D eigenvalue weighted by Gasteiger charge is 2.09. The van der Waals surface area contributed by atoms with Crippen molar-refractivity contribution in [2.75, 3.05) is 0 Å². The molecule has 0 atom stereocenters. The topological polar surface area (TPSA) is 95.9 Å². The summed E-state index contributed by atoms with van der Waals surface area (Å²) in [7, 11) is 0. The minimum atomic E-state index is -1.09. The smallest absolute Gasteiger partial charge is 0.335 e. The average molecular weight is 215 g/mol. The number of carbonyl (C=O) groups is 1. The Morgan fingerprint density at radius 3 is 2.57 bits per heavy atom. The highest BCUT2D eigenvalue weighted by Crippen LogP contribution is 2.17. The van der Waals surface area contributed by atoms with Crippen LogP contribution < -0.4 is 5.73 Å². The molecule has 0 amide bonds. The van der Waals surface area contributed by atoms with Gasteiger partial charge in [0.05, 0.1) is 10.6 Å². The van der Waals surface area contributed by atoms with Gasteiger partial charge >= 0.3 is 5.97 Å². The van der Waals surface area contributed by atoms with E-state index in [1.54, 1.807) is 0 Å². The van der Waals surface area contributed by atoms with Crippen molar-refractivity contribution in [2.24, 2.45) is 10.9 Å². The maximum absolute atomic E-state index is 10.5. The van der Waals surface area contributed by atoms with Gasteiger partial charge in [0.25, 0.3) is 0 Å². The van der Waals surface area contributed by atoms with Crippen LogP contribution in [0.15, 0.2) is 23.4 Å². The molecule has 74 valence electrons. The van der Waals surface area contributed by atoms with Crippen molar-refractivity contribution in [3.05, 3.63) is 34.3 Å². The van der Waals surface area contributed by atoms with E-state index in [9.17, 15) is 4.79 Å². The number of nitrogens with two attached hydrogens (primary N) is 1. The summed E-state index contributed by atoms with van der Waals surface area (Å²) in [6.45, 7) is 0. The Hall–Kier alpha value is -1.75. The monoisotopic (exact) mass is 214 g/mol. The fraction of sp³-hybridized carbons (Fsp3) is 0. The molecule has 1 rings (SSSR count). The predicted octanol–water partition coefficient (Wildman–Crippen LogP) is 1.13. The third-order valence-corrected chi connectivity index (χ3v) is 1.91. The first kappa shape index (κ1) is 10.3. The van der Waals surface area contributed by atoms with Gasteiger partial charge in [0.2, 0.25) is 0 Å². The van der Waals surface area contributed by atoms with Crippen molar-refractivity contribution in [1.29, 1.82) is 0 Å². The van der Waals surface area contributed by atoms with Crippen LogP contribution in [0.25, 0.3) is 0 Å². The molecule has 4 N–H and O–H groups in total. The van der Waals surface area contributed by atoms with Gasteiger partial charge in [-0.25, -0.2) is 4.79 Å². The van der Waals surface area contributed by atoms with E-state index in [0.717, 1.165) is 0 Å². The second-order valence-corrected chi connectivity index (χ2v) is 2.89. The molecule has 14 heavy (non-hydrogen) atoms. The third-order valence-electron chi connectivity index (χ3n) is 1.60. The van der Waals surface area contributed by atoms with E-state index in [0.29, 0.717) is 5.56 Å². The van der Waals surface area contributed by atoms with Crippen LogP contribution in [-0.2, 0) is 0 Å². The van der Waals surface area contributed by atoms with Crippen molar-refractivity contribution in [3.63, 3.8) is 0 Å². The van der Waals surface area contributed by atoms with E-state index in [1.807, 2.05) is 0 Å². The first-order valence-electron chi connectivity index (χ1n) is 3.57. The molecule has 0 saturated carbocycles. The molecular formula is C8H7ClN2O3. The zero-order chi connectivity index (χ0) is 10.7. The number of rotatable bonds is 2. The third kappa shape index (κ3) is 1.94. The summed E-state index contributed by atoms with van der Waals surface area (Å²) >= 11 is 5.71. The van der Waals surface area contributed by atoms with Crippen molar-refractivity contribution in [3.8, 4) is 0 Å². The van der Waals surface area contributed by atoms with Gasteiger partial charge in [0.1, 0.15) is 0 Å². The summed E-state index contributed by atoms with van der Waals surface area (Å²) in [4.78, 5) is 10.5. The molecule has 0 aliphatic rings. The summed E-state index contributed by atoms with van der Waals surface area (Å²) in [5, 5.41) is 19.9. The summed E-state index contributed by atoms with van der Waals surface area (Å²) < 4.78 is 0. The van der Waals surface area contributed by atoms with Crippen LogP contribution in [0.3, 0.4) is 0 Å². The van der Waals surface area contributed by atoms with E-state index < -0.39 is 5.97 Å². The van der Waals surface area contributed by atoms with Gasteiger partial charge in [0, 0.05) is 5.56 Å². The number of oxime groups is 1. The zero-order valence-electron chi connectivity index (χ0n) is 6.94. The normalized spacial score (nSPS) is 11.4. The van der Waals surface area contributed by atoms with Crippen LogP contribution in [-0.4, -0.2) is 22.1 Å². The van der Waals surface area contributed by atoms with Crippen LogP contribution in [0, 0.1) is 0 Å². The first-order chi connectivity index (χ1) is 6.56. The van der Waals surface area contributed by atoms with E-state index >= 15 is 0 Å². The molecular weight excluding hydrogens is 208 g/mol. The summed E-state index contributed by atoms with van der Waals surface area (Å²) in [6.07, 6.45) is 0. The molecule has 0 fully saturated rings. The number of aromatic carboxylic acids is 1. The Bertz CT molecular complexity index is 404. The van der Waals surface area contributed by atoms with Crippen LogP contribution in [0.1, 0.15) is 15.9 Å². The molecule has 0 aliphatic heterocycles. The largest absolute Gasteiger partial charge is 0.478 e. The van der Waals surface area contributed by atoms with Gasteiger partial charge < -0.3 is 16.0 Å². The number of amidine groups is 1. The minimum Gasteiger partial charge on any atom is -0.478 e. The van der Waals surface area contributed by atoms with E-state index in [2.05, 4.69) is 5.16 Å². The van der Waals surface area contributed by atoms with Gasteiger partial charge in [-0.05, 0) is 18.2 Å². The number of carboxylic acids is 1. The van der Waals surface area contributed by atoms with Crippen LogP contribution in [0.4, 0.5) is 0 Å². The number of carboxylic acid groups (broad SMARTS) is 1. The average Bonchev–Trinajstić information content (AvgIpc) is 2.16. The number of halogens is 1. The lowest BCUT2D eigenvalue weighted by molar-refractivity contribution is 0.0697. The van der Waals surface area contributed by atoms with Crippen LogP contribution >= 0.6 is 11.6 Å². The highest BCUT2D eigenvalue weighted by molar-refractivity contribution is 6.34. The molecule has 0 aliphatic carbocycles. The predicted molar refractivity (Wildman–Crippen MR) is 50.9 cm³/mol. The molecule has 0 heterocycles. The number of nitrogens with zero attached hydrogens (tertiary/aromatic N) is 1. The second kappa shape index (κ2) is 3.97. The lowest BCUT2D eigenvalue weighted by Gasteiger charge is -2.02. The van der Waals surface area contributed by atoms with E-state index in [1.165, 1.54) is 18.2 Å². The Balaban J connectivity index is 3.20. The van der Waals surface area contributed by atoms with Gasteiger partial charge in [0.15, 0.2) is 5.84 Å². The number of benzene rings is 1. The van der Waals surface area contributed by atoms with Gasteiger partial charge in [-0.15, -0.1) is 0 Å². The van der Waals surface area contributed by atoms with E-state index in [4.69, 9.17) is 27.6 Å². The maximum Gasteiger partial charge on any atom is 0.335 e. The molecule has 0 aromatic heterocycles. The molecule has 0 bridgehead atoms. The fourth-order valence-corrected chi connectivity index (χ4v) is 1.19. The zero-order valence-corrected chi connectivity index (χ0v) is 7.69. The summed E-state index contributed by atoms with van der Waals surface area (Å²) in [5.41, 5.74) is 5.63. The molecule has 0 unspecified atom stereocenters. The molecule has 1 aromatic carbocycles. The van der Waals surface area contributed by atoms with Crippen molar-refractivity contribution in [1.82, 2.24) is 0 Å². The van der Waals surface area contributed by atoms with Gasteiger partial charge in [-0.2, -0.15) is 0 Å². The van der Waals surface area contributed by atoms with Crippen molar-refractivity contribution >= 4 is 23.4 Å². The van der Waals surface area contributed by atoms with Gasteiger partial charge in [-0.3, -0.25) is 0 Å². The lowest BCUT2D eigenvalue weighted by atomic mass is 10.1. The van der Waals surface area contributed by atoms with Gasteiger partial charge in [-0.1, -0.05) is 16.8 Å². The first-order valence-corrected chi connectivity index (χ1v) is 3.94. The van der Waals surface area contributed by atoms with E-state index in [-0.39, 0.29) is 16.4 Å². The molecule has 0 radical (unpaired) electrons. The van der Waals surface area contributed by atoms with Crippen molar-refractivity contribution in [2.45, 2.75) is 0 Å². The molecule has 0 saturated heterocycles. The van der Waals surface area contributed by atoms with Crippen LogP contribution in [0.5, 0.6) is 0 Å². The SMILES string of the molecule is NC(=NO)c1ccc(C(=O)O)cc1Cl. The maximum atomic E-state index is 10.5. The highest BCUT2D eigenvalue weighted by atomic mass is 35.5. The molecule has 5 nitrogen and oxygen atoms in total. The standard InChI is InChI=1S/C8H7ClN2O3/c9-6-3-4(8(12)13)1-2-5(6)7(10)11-14/h1-3,14H,(H2,10,11)(H,12,13). The molecule has 1 aromatic rings. The number of hydrogen-bond acceptors (Lipinski definition) is 3. The molecule has 0 spiro atoms. The summed E-state index contributed by atoms with van der Waals surface area (Å²) in [5.74, 6) is -1.25. The second-order valence-electron chi connectivity index (χ2n) is 2.49. The molecule has 6 heteroatoms. The Kier molecular flexibility index (Phi) is 2.93. The lowest BCUT2D eigenvalue weighted by Crippen LogP contribution is -2.14. The number of hydrogen-bond donors (Lipinski definition) is 3. The Morgan fingerprint density at radius 2 is 2.14 bits per heavy atom. The fourth-order valence-electron chi connectivity index (χ4n) is 0.910. The minimum absolute atomic E-state index is 0.0458. The quantitative estimate of drug-likeness (QED) is 0.298. The Labute approximate surface area is 84.4 Å². The summed E-state index contributed by atoms with van der Waals surface area (Å²) in [6, 6.07) is 3.93. The Morgan fingerprint density at radius 1 is 1.50 bits per heavy atom. The van der Waals surface area contributed by atoms with Crippen molar-refractivity contribution < 1.29 is 15.1 Å². The van der Waals surface area contributed by atoms with Crippen LogP contribution in [0.2, 0.25) is 5.02 Å².